The number of hydrogen-bond donors (Lipinski definition) is 2. The molecular formula is C11H13Br2NO5S. The summed E-state index contributed by atoms with van der Waals surface area (Å²) < 4.78 is 32.6. The molecule has 0 saturated heterocycles. The summed E-state index contributed by atoms with van der Waals surface area (Å²) in [6.45, 7) is -0.117. The Bertz CT molecular complexity index is 590. The minimum Gasteiger partial charge on any atom is -0.481 e. The van der Waals surface area contributed by atoms with Gasteiger partial charge in [0.25, 0.3) is 0 Å². The van der Waals surface area contributed by atoms with E-state index in [1.54, 1.807) is 12.1 Å². The molecule has 1 aromatic carbocycles. The summed E-state index contributed by atoms with van der Waals surface area (Å²) in [6.07, 6.45) is -1.00. The van der Waals surface area contributed by atoms with Crippen LogP contribution in [0.2, 0.25) is 0 Å². The first kappa shape index (κ1) is 17.6. The predicted octanol–water partition coefficient (Wildman–Crippen LogP) is 1.98. The fourth-order valence-corrected chi connectivity index (χ4v) is 4.22. The summed E-state index contributed by atoms with van der Waals surface area (Å²) in [5.41, 5.74) is 0. The van der Waals surface area contributed by atoms with E-state index in [-0.39, 0.29) is 17.9 Å². The van der Waals surface area contributed by atoms with E-state index in [0.717, 1.165) is 4.47 Å². The molecule has 0 aliphatic rings. The molecular weight excluding hydrogens is 418 g/mol. The molecule has 0 spiro atoms. The second-order valence-electron chi connectivity index (χ2n) is 3.88. The van der Waals surface area contributed by atoms with Crippen molar-refractivity contribution in [2.45, 2.75) is 17.4 Å². The van der Waals surface area contributed by atoms with E-state index < -0.39 is 22.1 Å². The third kappa shape index (κ3) is 5.13. The average molecular weight is 431 g/mol. The first-order chi connectivity index (χ1) is 9.26. The summed E-state index contributed by atoms with van der Waals surface area (Å²) in [5.74, 6) is -1.05. The molecule has 0 amide bonds. The van der Waals surface area contributed by atoms with Crippen molar-refractivity contribution < 1.29 is 23.1 Å². The van der Waals surface area contributed by atoms with Gasteiger partial charge < -0.3 is 9.84 Å². The highest BCUT2D eigenvalue weighted by Crippen LogP contribution is 2.25. The second-order valence-corrected chi connectivity index (χ2v) is 7.39. The zero-order valence-corrected chi connectivity index (χ0v) is 14.5. The summed E-state index contributed by atoms with van der Waals surface area (Å²) in [4.78, 5) is 10.7. The van der Waals surface area contributed by atoms with Crippen molar-refractivity contribution in [2.75, 3.05) is 13.7 Å². The molecule has 1 unspecified atom stereocenters. The van der Waals surface area contributed by atoms with Gasteiger partial charge in [0.05, 0.1) is 17.4 Å². The number of sulfonamides is 1. The van der Waals surface area contributed by atoms with Gasteiger partial charge in [-0.2, -0.15) is 0 Å². The van der Waals surface area contributed by atoms with E-state index in [2.05, 4.69) is 36.6 Å². The highest BCUT2D eigenvalue weighted by atomic mass is 79.9. The SMILES string of the molecule is COC(CNS(=O)(=O)c1ccc(Br)cc1Br)CC(=O)O. The van der Waals surface area contributed by atoms with Gasteiger partial charge in [0.1, 0.15) is 0 Å². The zero-order valence-electron chi connectivity index (χ0n) is 10.5. The molecule has 0 aromatic heterocycles. The van der Waals surface area contributed by atoms with Gasteiger partial charge in [0, 0.05) is 22.6 Å². The van der Waals surface area contributed by atoms with Crippen molar-refractivity contribution in [2.24, 2.45) is 0 Å². The molecule has 112 valence electrons. The van der Waals surface area contributed by atoms with Crippen molar-refractivity contribution in [1.82, 2.24) is 4.72 Å². The summed E-state index contributed by atoms with van der Waals surface area (Å²) in [5, 5.41) is 8.67. The molecule has 9 heteroatoms. The summed E-state index contributed by atoms with van der Waals surface area (Å²) in [6, 6.07) is 4.65. The van der Waals surface area contributed by atoms with Gasteiger partial charge in [0.15, 0.2) is 0 Å². The van der Waals surface area contributed by atoms with Gasteiger partial charge in [0.2, 0.25) is 10.0 Å². The fourth-order valence-electron chi connectivity index (χ4n) is 1.41. The van der Waals surface area contributed by atoms with E-state index in [4.69, 9.17) is 9.84 Å². The van der Waals surface area contributed by atoms with Gasteiger partial charge in [-0.25, -0.2) is 13.1 Å². The average Bonchev–Trinajstić information content (AvgIpc) is 2.33. The Morgan fingerprint density at radius 1 is 1.45 bits per heavy atom. The summed E-state index contributed by atoms with van der Waals surface area (Å²) in [7, 11) is -2.41. The third-order valence-corrected chi connectivity index (χ3v) is 5.31. The van der Waals surface area contributed by atoms with Crippen LogP contribution in [0.5, 0.6) is 0 Å². The standard InChI is InChI=1S/C11H13Br2NO5S/c1-19-8(5-11(15)16)6-14-20(17,18)10-3-2-7(12)4-9(10)13/h2-4,8,14H,5-6H2,1H3,(H,15,16). The number of benzene rings is 1. The lowest BCUT2D eigenvalue weighted by atomic mass is 10.2. The van der Waals surface area contributed by atoms with Gasteiger partial charge in [-0.15, -0.1) is 0 Å². The van der Waals surface area contributed by atoms with Crippen LogP contribution in [0.15, 0.2) is 32.0 Å². The van der Waals surface area contributed by atoms with E-state index >= 15 is 0 Å². The Morgan fingerprint density at radius 3 is 2.60 bits per heavy atom. The molecule has 1 atom stereocenters. The van der Waals surface area contributed by atoms with Gasteiger partial charge in [-0.1, -0.05) is 15.9 Å². The minimum atomic E-state index is -3.74. The minimum absolute atomic E-state index is 0.0749. The van der Waals surface area contributed by atoms with Gasteiger partial charge >= 0.3 is 5.97 Å². The third-order valence-electron chi connectivity index (χ3n) is 2.42. The van der Waals surface area contributed by atoms with Crippen LogP contribution in [0.4, 0.5) is 0 Å². The number of ether oxygens (including phenoxy) is 1. The number of nitrogens with one attached hydrogen (secondary N) is 1. The van der Waals surface area contributed by atoms with Crippen molar-refractivity contribution in [3.05, 3.63) is 27.1 Å². The Hall–Kier alpha value is -0.480. The van der Waals surface area contributed by atoms with Crippen LogP contribution in [0.25, 0.3) is 0 Å². The van der Waals surface area contributed by atoms with Crippen LogP contribution in [0, 0.1) is 0 Å². The molecule has 2 N–H and O–H groups in total. The van der Waals surface area contributed by atoms with Crippen LogP contribution in [0.1, 0.15) is 6.42 Å². The predicted molar refractivity (Wildman–Crippen MR) is 80.1 cm³/mol. The maximum atomic E-state index is 12.1. The topological polar surface area (TPSA) is 92.7 Å². The number of methoxy groups -OCH3 is 1. The fraction of sp³-hybridized carbons (Fsp3) is 0.364. The highest BCUT2D eigenvalue weighted by Gasteiger charge is 2.20. The number of carboxylic acids is 1. The molecule has 1 rings (SSSR count). The maximum absolute atomic E-state index is 12.1. The van der Waals surface area contributed by atoms with Crippen molar-refractivity contribution >= 4 is 47.9 Å². The van der Waals surface area contributed by atoms with Crippen LogP contribution in [-0.4, -0.2) is 39.3 Å². The highest BCUT2D eigenvalue weighted by molar-refractivity contribution is 9.11. The lowest BCUT2D eigenvalue weighted by Gasteiger charge is -2.14. The number of hydrogen-bond acceptors (Lipinski definition) is 4. The monoisotopic (exact) mass is 429 g/mol. The molecule has 0 fully saturated rings. The number of rotatable bonds is 7. The first-order valence-corrected chi connectivity index (χ1v) is 8.52. The zero-order chi connectivity index (χ0) is 15.3. The maximum Gasteiger partial charge on any atom is 0.306 e. The molecule has 0 aliphatic heterocycles. The Balaban J connectivity index is 2.82. The molecule has 0 heterocycles. The summed E-state index contributed by atoms with van der Waals surface area (Å²) >= 11 is 6.41. The molecule has 20 heavy (non-hydrogen) atoms. The van der Waals surface area contributed by atoms with Crippen molar-refractivity contribution in [1.29, 1.82) is 0 Å². The number of carboxylic acid groups (broad SMARTS) is 1. The van der Waals surface area contributed by atoms with Crippen LogP contribution in [0.3, 0.4) is 0 Å². The molecule has 1 aromatic rings. The molecule has 0 radical (unpaired) electrons. The van der Waals surface area contributed by atoms with Gasteiger partial charge in [-0.3, -0.25) is 4.79 Å². The van der Waals surface area contributed by atoms with Crippen LogP contribution < -0.4 is 4.72 Å². The quantitative estimate of drug-likeness (QED) is 0.689. The second kappa shape index (κ2) is 7.51. The molecule has 0 bridgehead atoms. The van der Waals surface area contributed by atoms with E-state index in [1.807, 2.05) is 0 Å². The van der Waals surface area contributed by atoms with Gasteiger partial charge in [-0.05, 0) is 34.1 Å². The molecule has 0 saturated carbocycles. The number of halogens is 2. The number of aliphatic carboxylic acids is 1. The smallest absolute Gasteiger partial charge is 0.306 e. The van der Waals surface area contributed by atoms with Crippen LogP contribution >= 0.6 is 31.9 Å². The van der Waals surface area contributed by atoms with E-state index in [9.17, 15) is 13.2 Å². The Morgan fingerprint density at radius 2 is 2.10 bits per heavy atom. The Kier molecular flexibility index (Phi) is 6.59. The van der Waals surface area contributed by atoms with E-state index in [1.165, 1.54) is 13.2 Å². The Labute approximate surface area is 133 Å². The van der Waals surface area contributed by atoms with Crippen LogP contribution in [-0.2, 0) is 19.6 Å². The lowest BCUT2D eigenvalue weighted by molar-refractivity contribution is -0.139. The van der Waals surface area contributed by atoms with Crippen molar-refractivity contribution in [3.63, 3.8) is 0 Å². The first-order valence-electron chi connectivity index (χ1n) is 5.45. The van der Waals surface area contributed by atoms with E-state index in [0.29, 0.717) is 4.47 Å². The largest absolute Gasteiger partial charge is 0.481 e. The number of carbonyl (C=O) groups is 1. The molecule has 6 nitrogen and oxygen atoms in total. The normalized spacial score (nSPS) is 13.2. The van der Waals surface area contributed by atoms with Crippen molar-refractivity contribution in [3.8, 4) is 0 Å². The molecule has 0 aliphatic carbocycles. The lowest BCUT2D eigenvalue weighted by Crippen LogP contribution is -2.34.